The first-order valence-electron chi connectivity index (χ1n) is 8.26. The van der Waals surface area contributed by atoms with E-state index in [-0.39, 0.29) is 17.9 Å². The van der Waals surface area contributed by atoms with Crippen LogP contribution in [0.5, 0.6) is 0 Å². The average molecular weight is 359 g/mol. The van der Waals surface area contributed by atoms with E-state index in [2.05, 4.69) is 5.10 Å². The third-order valence-electron chi connectivity index (χ3n) is 4.45. The number of aryl methyl sites for hydroxylation is 1. The van der Waals surface area contributed by atoms with E-state index >= 15 is 0 Å². The van der Waals surface area contributed by atoms with Gasteiger partial charge in [-0.1, -0.05) is 12.1 Å². The summed E-state index contributed by atoms with van der Waals surface area (Å²) in [6.07, 6.45) is 1.02. The molecule has 0 saturated carbocycles. The second kappa shape index (κ2) is 7.07. The van der Waals surface area contributed by atoms with Gasteiger partial charge in [-0.05, 0) is 31.9 Å². The Morgan fingerprint density at radius 2 is 2.04 bits per heavy atom. The first kappa shape index (κ1) is 17.8. The molecule has 136 valence electrons. The molecule has 0 unspecified atom stereocenters. The predicted molar refractivity (Wildman–Crippen MR) is 90.8 cm³/mol. The quantitative estimate of drug-likeness (QED) is 0.899. The Bertz CT molecular complexity index is 925. The smallest absolute Gasteiger partial charge is 0.308 e. The van der Waals surface area contributed by atoms with Gasteiger partial charge in [-0.15, -0.1) is 0 Å². The minimum Gasteiger partial charge on any atom is -0.481 e. The van der Waals surface area contributed by atoms with Crippen LogP contribution in [0, 0.1) is 18.7 Å². The van der Waals surface area contributed by atoms with Crippen LogP contribution in [0.25, 0.3) is 5.69 Å². The van der Waals surface area contributed by atoms with Crippen molar-refractivity contribution < 1.29 is 19.1 Å². The third kappa shape index (κ3) is 3.35. The molecule has 0 radical (unpaired) electrons. The van der Waals surface area contributed by atoms with E-state index in [1.807, 2.05) is 0 Å². The standard InChI is InChI=1S/C18H18FN3O4/c1-11-9-15(23)16(20-22(11)14-7-3-2-6-13(14)19)17(24)21-8-4-5-12(10-21)18(25)26/h2-3,6-7,9,12H,4-5,8,10H2,1H3,(H,25,26)/t12-/m0/s1. The maximum atomic E-state index is 14.1. The molecule has 8 heteroatoms. The summed E-state index contributed by atoms with van der Waals surface area (Å²) in [5.74, 6) is -2.80. The van der Waals surface area contributed by atoms with Gasteiger partial charge in [-0.3, -0.25) is 14.4 Å². The SMILES string of the molecule is Cc1cc(=O)c(C(=O)N2CCC[C@H](C(=O)O)C2)nn1-c1ccccc1F. The molecule has 1 atom stereocenters. The van der Waals surface area contributed by atoms with Gasteiger partial charge in [0.2, 0.25) is 5.43 Å². The van der Waals surface area contributed by atoms with E-state index in [9.17, 15) is 18.8 Å². The Labute approximate surface area is 148 Å². The number of piperidine rings is 1. The number of carboxylic acid groups (broad SMARTS) is 1. The van der Waals surface area contributed by atoms with Crippen molar-refractivity contribution in [2.75, 3.05) is 13.1 Å². The molecule has 1 amide bonds. The normalized spacial score (nSPS) is 17.2. The second-order valence-electron chi connectivity index (χ2n) is 6.29. The summed E-state index contributed by atoms with van der Waals surface area (Å²) < 4.78 is 15.3. The van der Waals surface area contributed by atoms with Gasteiger partial charge in [-0.25, -0.2) is 9.07 Å². The molecular formula is C18H18FN3O4. The fourth-order valence-corrected chi connectivity index (χ4v) is 3.08. The molecule has 1 aromatic heterocycles. The van der Waals surface area contributed by atoms with Crippen LogP contribution in [0.1, 0.15) is 29.0 Å². The number of carboxylic acids is 1. The Morgan fingerprint density at radius 1 is 1.31 bits per heavy atom. The van der Waals surface area contributed by atoms with E-state index in [0.717, 1.165) is 0 Å². The van der Waals surface area contributed by atoms with E-state index in [0.29, 0.717) is 25.1 Å². The highest BCUT2D eigenvalue weighted by Crippen LogP contribution is 2.18. The highest BCUT2D eigenvalue weighted by atomic mass is 19.1. The molecule has 2 heterocycles. The van der Waals surface area contributed by atoms with Gasteiger partial charge in [0.15, 0.2) is 5.69 Å². The number of hydrogen-bond donors (Lipinski definition) is 1. The topological polar surface area (TPSA) is 92.5 Å². The molecule has 3 rings (SSSR count). The van der Waals surface area contributed by atoms with Crippen LogP contribution >= 0.6 is 0 Å². The van der Waals surface area contributed by atoms with Crippen LogP contribution in [0.15, 0.2) is 35.1 Å². The van der Waals surface area contributed by atoms with Crippen molar-refractivity contribution >= 4 is 11.9 Å². The van der Waals surface area contributed by atoms with Gasteiger partial charge < -0.3 is 10.0 Å². The zero-order chi connectivity index (χ0) is 18.8. The lowest BCUT2D eigenvalue weighted by Gasteiger charge is -2.30. The number of nitrogens with zero attached hydrogens (tertiary/aromatic N) is 3. The van der Waals surface area contributed by atoms with Crippen molar-refractivity contribution in [3.8, 4) is 5.69 Å². The van der Waals surface area contributed by atoms with E-state index in [4.69, 9.17) is 5.11 Å². The number of halogens is 1. The minimum atomic E-state index is -0.969. The number of hydrogen-bond acceptors (Lipinski definition) is 4. The highest BCUT2D eigenvalue weighted by Gasteiger charge is 2.30. The van der Waals surface area contributed by atoms with Crippen LogP contribution in [0.4, 0.5) is 4.39 Å². The van der Waals surface area contributed by atoms with E-state index in [1.165, 1.54) is 33.8 Å². The lowest BCUT2D eigenvalue weighted by atomic mass is 9.98. The Morgan fingerprint density at radius 3 is 2.73 bits per heavy atom. The van der Waals surface area contributed by atoms with Crippen LogP contribution in [-0.2, 0) is 4.79 Å². The summed E-state index contributed by atoms with van der Waals surface area (Å²) in [6.45, 7) is 1.98. The number of rotatable bonds is 3. The Kier molecular flexibility index (Phi) is 4.83. The molecular weight excluding hydrogens is 341 g/mol. The number of carbonyl (C=O) groups excluding carboxylic acids is 1. The summed E-state index contributed by atoms with van der Waals surface area (Å²) in [7, 11) is 0. The number of aliphatic carboxylic acids is 1. The zero-order valence-electron chi connectivity index (χ0n) is 14.2. The van der Waals surface area contributed by atoms with Crippen molar-refractivity contribution in [2.24, 2.45) is 5.92 Å². The maximum Gasteiger partial charge on any atom is 0.308 e. The summed E-state index contributed by atoms with van der Waals surface area (Å²) in [6, 6.07) is 7.14. The summed E-state index contributed by atoms with van der Waals surface area (Å²) in [5, 5.41) is 13.2. The number of para-hydroxylation sites is 1. The van der Waals surface area contributed by atoms with Gasteiger partial charge >= 0.3 is 5.97 Å². The number of benzene rings is 1. The number of likely N-dealkylation sites (tertiary alicyclic amines) is 1. The largest absolute Gasteiger partial charge is 0.481 e. The molecule has 1 fully saturated rings. The Balaban J connectivity index is 1.99. The van der Waals surface area contributed by atoms with Gasteiger partial charge in [0, 0.05) is 24.8 Å². The molecule has 2 aromatic rings. The number of aromatic nitrogens is 2. The lowest BCUT2D eigenvalue weighted by Crippen LogP contribution is -2.44. The van der Waals surface area contributed by atoms with Crippen molar-refractivity contribution in [1.82, 2.24) is 14.7 Å². The average Bonchev–Trinajstić information content (AvgIpc) is 2.62. The molecule has 1 aliphatic heterocycles. The molecule has 0 aliphatic carbocycles. The van der Waals surface area contributed by atoms with Crippen molar-refractivity contribution in [3.63, 3.8) is 0 Å². The highest BCUT2D eigenvalue weighted by molar-refractivity contribution is 5.92. The summed E-state index contributed by atoms with van der Waals surface area (Å²) in [5.41, 5.74) is -0.401. The third-order valence-corrected chi connectivity index (χ3v) is 4.45. The zero-order valence-corrected chi connectivity index (χ0v) is 14.2. The molecule has 0 spiro atoms. The monoisotopic (exact) mass is 359 g/mol. The fourth-order valence-electron chi connectivity index (χ4n) is 3.08. The number of amides is 1. The second-order valence-corrected chi connectivity index (χ2v) is 6.29. The van der Waals surface area contributed by atoms with Crippen molar-refractivity contribution in [3.05, 3.63) is 57.8 Å². The lowest BCUT2D eigenvalue weighted by molar-refractivity contribution is -0.143. The molecule has 7 nitrogen and oxygen atoms in total. The fraction of sp³-hybridized carbons (Fsp3) is 0.333. The van der Waals surface area contributed by atoms with Crippen molar-refractivity contribution in [2.45, 2.75) is 19.8 Å². The van der Waals surface area contributed by atoms with Gasteiger partial charge in [0.05, 0.1) is 5.92 Å². The molecule has 0 bridgehead atoms. The van der Waals surface area contributed by atoms with E-state index < -0.39 is 29.0 Å². The first-order chi connectivity index (χ1) is 12.4. The van der Waals surface area contributed by atoms with E-state index in [1.54, 1.807) is 13.0 Å². The van der Waals surface area contributed by atoms with Crippen molar-refractivity contribution in [1.29, 1.82) is 0 Å². The van der Waals surface area contributed by atoms with Gasteiger partial charge in [-0.2, -0.15) is 5.10 Å². The molecule has 1 aliphatic rings. The summed E-state index contributed by atoms with van der Waals surface area (Å²) in [4.78, 5) is 37.5. The van der Waals surface area contributed by atoms with Crippen LogP contribution < -0.4 is 5.43 Å². The van der Waals surface area contributed by atoms with Crippen LogP contribution in [-0.4, -0.2) is 44.8 Å². The Hall–Kier alpha value is -3.03. The molecule has 1 saturated heterocycles. The molecule has 1 N–H and O–H groups in total. The molecule has 1 aromatic carbocycles. The van der Waals surface area contributed by atoms with Crippen LogP contribution in [0.3, 0.4) is 0 Å². The van der Waals surface area contributed by atoms with Gasteiger partial charge in [0.25, 0.3) is 5.91 Å². The van der Waals surface area contributed by atoms with Gasteiger partial charge in [0.1, 0.15) is 11.5 Å². The predicted octanol–water partition coefficient (Wildman–Crippen LogP) is 1.62. The minimum absolute atomic E-state index is 0.0306. The molecule has 26 heavy (non-hydrogen) atoms. The maximum absolute atomic E-state index is 14.1. The van der Waals surface area contributed by atoms with Crippen LogP contribution in [0.2, 0.25) is 0 Å². The number of carbonyl (C=O) groups is 2. The summed E-state index contributed by atoms with van der Waals surface area (Å²) >= 11 is 0. The first-order valence-corrected chi connectivity index (χ1v) is 8.26.